The molecule has 5 nitrogen and oxygen atoms in total. The first-order valence-corrected chi connectivity index (χ1v) is 7.15. The molecule has 0 aromatic heterocycles. The molecule has 1 aliphatic heterocycles. The van der Waals surface area contributed by atoms with Crippen LogP contribution in [0.2, 0.25) is 0 Å². The molecule has 2 N–H and O–H groups in total. The van der Waals surface area contributed by atoms with E-state index in [0.29, 0.717) is 22.7 Å². The van der Waals surface area contributed by atoms with Crippen LogP contribution in [0.15, 0.2) is 42.5 Å². The largest absolute Gasteiger partial charge is 0.478 e. The van der Waals surface area contributed by atoms with Crippen LogP contribution in [-0.2, 0) is 9.59 Å². The highest BCUT2D eigenvalue weighted by molar-refractivity contribution is 6.01. The van der Waals surface area contributed by atoms with Crippen molar-refractivity contribution in [2.24, 2.45) is 0 Å². The molecule has 1 atom stereocenters. The van der Waals surface area contributed by atoms with E-state index in [1.54, 1.807) is 43.3 Å². The van der Waals surface area contributed by atoms with Gasteiger partial charge in [0.15, 0.2) is 6.10 Å². The predicted octanol–water partition coefficient (Wildman–Crippen LogP) is 2.86. The molecule has 6 heteroatoms. The number of halogens is 1. The molecule has 0 unspecified atom stereocenters. The van der Waals surface area contributed by atoms with E-state index in [-0.39, 0.29) is 12.3 Å². The van der Waals surface area contributed by atoms with Crippen LogP contribution in [0.25, 0.3) is 0 Å². The number of amides is 2. The minimum atomic E-state index is -0.916. The second kappa shape index (κ2) is 6.08. The molecule has 0 saturated heterocycles. The molecular formula is C17H15FN2O3. The molecule has 118 valence electrons. The van der Waals surface area contributed by atoms with Gasteiger partial charge in [0.1, 0.15) is 11.6 Å². The molecule has 3 rings (SSSR count). The molecule has 2 amide bonds. The number of aryl methyl sites for hydroxylation is 1. The van der Waals surface area contributed by atoms with Crippen molar-refractivity contribution in [3.05, 3.63) is 53.8 Å². The van der Waals surface area contributed by atoms with E-state index in [9.17, 15) is 14.0 Å². The van der Waals surface area contributed by atoms with Crippen LogP contribution < -0.4 is 15.4 Å². The van der Waals surface area contributed by atoms with E-state index < -0.39 is 17.8 Å². The van der Waals surface area contributed by atoms with Gasteiger partial charge in [-0.1, -0.05) is 18.2 Å². The van der Waals surface area contributed by atoms with Crippen molar-refractivity contribution in [3.63, 3.8) is 0 Å². The Kier molecular flexibility index (Phi) is 3.97. The van der Waals surface area contributed by atoms with Gasteiger partial charge >= 0.3 is 0 Å². The van der Waals surface area contributed by atoms with Gasteiger partial charge in [0, 0.05) is 5.69 Å². The third-order valence-corrected chi connectivity index (χ3v) is 3.53. The summed E-state index contributed by atoms with van der Waals surface area (Å²) in [6.07, 6.45) is -1.07. The molecule has 23 heavy (non-hydrogen) atoms. The highest BCUT2D eigenvalue weighted by atomic mass is 19.1. The lowest BCUT2D eigenvalue weighted by Gasteiger charge is -2.25. The molecule has 0 radical (unpaired) electrons. The fourth-order valence-electron chi connectivity index (χ4n) is 2.28. The van der Waals surface area contributed by atoms with Crippen molar-refractivity contribution in [1.29, 1.82) is 0 Å². The number of hydrogen-bond donors (Lipinski definition) is 2. The molecule has 1 aliphatic rings. The van der Waals surface area contributed by atoms with Gasteiger partial charge in [0.25, 0.3) is 5.91 Å². The second-order valence-corrected chi connectivity index (χ2v) is 5.31. The first-order valence-electron chi connectivity index (χ1n) is 7.15. The average molecular weight is 314 g/mol. The number of hydrogen-bond acceptors (Lipinski definition) is 3. The number of para-hydroxylation sites is 2. The summed E-state index contributed by atoms with van der Waals surface area (Å²) in [6.45, 7) is 1.64. The Hall–Kier alpha value is -2.89. The Bertz CT molecular complexity index is 776. The smallest absolute Gasteiger partial charge is 0.266 e. The van der Waals surface area contributed by atoms with Crippen LogP contribution in [0.3, 0.4) is 0 Å². The summed E-state index contributed by atoms with van der Waals surface area (Å²) in [5.74, 6) is -0.684. The van der Waals surface area contributed by atoms with Crippen molar-refractivity contribution in [1.82, 2.24) is 0 Å². The molecule has 1 heterocycles. The summed E-state index contributed by atoms with van der Waals surface area (Å²) in [4.78, 5) is 24.0. The molecule has 0 bridgehead atoms. The minimum absolute atomic E-state index is 0.157. The van der Waals surface area contributed by atoms with Gasteiger partial charge in [-0.05, 0) is 36.8 Å². The van der Waals surface area contributed by atoms with Gasteiger partial charge in [-0.15, -0.1) is 0 Å². The van der Waals surface area contributed by atoms with E-state index in [2.05, 4.69) is 10.6 Å². The maximum Gasteiger partial charge on any atom is 0.266 e. The van der Waals surface area contributed by atoms with Crippen molar-refractivity contribution in [3.8, 4) is 5.75 Å². The van der Waals surface area contributed by atoms with Gasteiger partial charge in [0.2, 0.25) is 5.91 Å². The molecule has 0 spiro atoms. The van der Waals surface area contributed by atoms with Gasteiger partial charge < -0.3 is 15.4 Å². The van der Waals surface area contributed by atoms with E-state index in [0.717, 1.165) is 0 Å². The Labute approximate surface area is 132 Å². The molecule has 2 aromatic carbocycles. The molecule has 2 aromatic rings. The van der Waals surface area contributed by atoms with E-state index in [1.807, 2.05) is 0 Å². The molecule has 0 saturated carbocycles. The van der Waals surface area contributed by atoms with Gasteiger partial charge in [-0.2, -0.15) is 0 Å². The number of nitrogens with one attached hydrogen (secondary N) is 2. The Balaban J connectivity index is 1.66. The number of ether oxygens (including phenoxy) is 1. The summed E-state index contributed by atoms with van der Waals surface area (Å²) in [5.41, 5.74) is 1.42. The minimum Gasteiger partial charge on any atom is -0.478 e. The van der Waals surface area contributed by atoms with Crippen LogP contribution in [0, 0.1) is 12.7 Å². The Morgan fingerprint density at radius 2 is 2.09 bits per heavy atom. The lowest BCUT2D eigenvalue weighted by molar-refractivity contribution is -0.128. The lowest BCUT2D eigenvalue weighted by Crippen LogP contribution is -2.39. The highest BCUT2D eigenvalue weighted by Crippen LogP contribution is 2.29. The number of benzene rings is 2. The molecular weight excluding hydrogens is 299 g/mol. The highest BCUT2D eigenvalue weighted by Gasteiger charge is 2.29. The fourth-order valence-corrected chi connectivity index (χ4v) is 2.28. The third-order valence-electron chi connectivity index (χ3n) is 3.53. The maximum atomic E-state index is 13.5. The number of rotatable bonds is 3. The zero-order valence-corrected chi connectivity index (χ0v) is 12.4. The van der Waals surface area contributed by atoms with Crippen LogP contribution in [0.4, 0.5) is 15.8 Å². The quantitative estimate of drug-likeness (QED) is 0.915. The standard InChI is InChI=1S/C17H15FN2O3/c1-10-6-7-11(8-12(10)18)19-16(21)9-15-17(22)20-13-4-2-3-5-14(13)23-15/h2-8,15H,9H2,1H3,(H,19,21)(H,20,22)/t15-/m0/s1. The second-order valence-electron chi connectivity index (χ2n) is 5.31. The topological polar surface area (TPSA) is 67.4 Å². The first-order chi connectivity index (χ1) is 11.0. The first kappa shape index (κ1) is 15.0. The number of carbonyl (C=O) groups excluding carboxylic acids is 2. The van der Waals surface area contributed by atoms with Crippen molar-refractivity contribution in [2.45, 2.75) is 19.4 Å². The van der Waals surface area contributed by atoms with Crippen LogP contribution in [0.5, 0.6) is 5.75 Å². The zero-order valence-electron chi connectivity index (χ0n) is 12.4. The summed E-state index contributed by atoms with van der Waals surface area (Å²) >= 11 is 0. The SMILES string of the molecule is Cc1ccc(NC(=O)C[C@@H]2Oc3ccccc3NC2=O)cc1F. The van der Waals surface area contributed by atoms with Crippen LogP contribution in [0.1, 0.15) is 12.0 Å². The number of fused-ring (bicyclic) bond motifs is 1. The van der Waals surface area contributed by atoms with Crippen molar-refractivity contribution in [2.75, 3.05) is 10.6 Å². The zero-order chi connectivity index (χ0) is 16.4. The number of carbonyl (C=O) groups is 2. The molecule has 0 aliphatic carbocycles. The van der Waals surface area contributed by atoms with Crippen molar-refractivity contribution >= 4 is 23.2 Å². The van der Waals surface area contributed by atoms with Gasteiger partial charge in [-0.3, -0.25) is 9.59 Å². The van der Waals surface area contributed by atoms with Crippen LogP contribution >= 0.6 is 0 Å². The van der Waals surface area contributed by atoms with E-state index >= 15 is 0 Å². The maximum absolute atomic E-state index is 13.5. The Morgan fingerprint density at radius 1 is 1.30 bits per heavy atom. The number of anilines is 2. The van der Waals surface area contributed by atoms with Gasteiger partial charge in [0.05, 0.1) is 12.1 Å². The summed E-state index contributed by atoms with van der Waals surface area (Å²) < 4.78 is 19.0. The van der Waals surface area contributed by atoms with Gasteiger partial charge in [-0.25, -0.2) is 4.39 Å². The third kappa shape index (κ3) is 3.31. The average Bonchev–Trinajstić information content (AvgIpc) is 2.51. The predicted molar refractivity (Wildman–Crippen MR) is 83.9 cm³/mol. The van der Waals surface area contributed by atoms with E-state index in [4.69, 9.17) is 4.74 Å². The summed E-state index contributed by atoms with van der Waals surface area (Å²) in [6, 6.07) is 11.4. The van der Waals surface area contributed by atoms with Crippen molar-refractivity contribution < 1.29 is 18.7 Å². The fraction of sp³-hybridized carbons (Fsp3) is 0.176. The molecule has 0 fully saturated rings. The summed E-state index contributed by atoms with van der Waals surface area (Å²) in [7, 11) is 0. The monoisotopic (exact) mass is 314 g/mol. The Morgan fingerprint density at radius 3 is 2.87 bits per heavy atom. The summed E-state index contributed by atoms with van der Waals surface area (Å²) in [5, 5.41) is 5.25. The van der Waals surface area contributed by atoms with Crippen LogP contribution in [-0.4, -0.2) is 17.9 Å². The lowest BCUT2D eigenvalue weighted by atomic mass is 10.1. The van der Waals surface area contributed by atoms with E-state index in [1.165, 1.54) is 6.07 Å². The normalized spacial score (nSPS) is 16.1.